The maximum atomic E-state index is 11.5. The van der Waals surface area contributed by atoms with E-state index in [1.54, 1.807) is 24.3 Å². The van der Waals surface area contributed by atoms with Crippen molar-refractivity contribution < 1.29 is 9.53 Å². The summed E-state index contributed by atoms with van der Waals surface area (Å²) in [4.78, 5) is 13.0. The number of anilines is 1. The van der Waals surface area contributed by atoms with Crippen LogP contribution in [-0.4, -0.2) is 24.6 Å². The highest BCUT2D eigenvalue weighted by atomic mass is 35.5. The Bertz CT molecular complexity index is 438. The van der Waals surface area contributed by atoms with E-state index in [0.717, 1.165) is 5.69 Å². The fraction of sp³-hybridized carbons (Fsp3) is 0.273. The summed E-state index contributed by atoms with van der Waals surface area (Å²) < 4.78 is 5.02. The summed E-state index contributed by atoms with van der Waals surface area (Å²) in [6.45, 7) is 0.453. The first-order valence-electron chi connectivity index (χ1n) is 4.79. The van der Waals surface area contributed by atoms with E-state index in [4.69, 9.17) is 21.6 Å². The van der Waals surface area contributed by atoms with E-state index in [1.807, 2.05) is 6.07 Å². The number of hydrogen-bond acceptors (Lipinski definition) is 3. The molecule has 5 heteroatoms. The largest absolute Gasteiger partial charge is 0.443 e. The molecule has 0 aromatic heterocycles. The van der Waals surface area contributed by atoms with Crippen LogP contribution in [0.2, 0.25) is 0 Å². The maximum Gasteiger partial charge on any atom is 0.414 e. The number of ether oxygens (including phenoxy) is 1. The fourth-order valence-corrected chi connectivity index (χ4v) is 1.69. The molecule has 1 amide bonds. The first kappa shape index (κ1) is 10.8. The molecule has 2 rings (SSSR count). The van der Waals surface area contributed by atoms with Crippen molar-refractivity contribution in [2.75, 3.05) is 17.3 Å². The molecule has 82 valence electrons. The molecule has 1 atom stereocenters. The predicted molar refractivity (Wildman–Crippen MR) is 59.5 cm³/mol. The minimum absolute atomic E-state index is 0.259. The van der Waals surface area contributed by atoms with Crippen LogP contribution in [0.25, 0.3) is 0 Å². The second-order valence-electron chi connectivity index (χ2n) is 3.43. The Morgan fingerprint density at radius 2 is 2.19 bits per heavy atom. The Morgan fingerprint density at radius 1 is 1.50 bits per heavy atom. The molecule has 1 aliphatic heterocycles. The van der Waals surface area contributed by atoms with Crippen LogP contribution in [0.3, 0.4) is 0 Å². The number of benzene rings is 1. The minimum atomic E-state index is -0.393. The highest BCUT2D eigenvalue weighted by molar-refractivity contribution is 6.18. The normalized spacial score (nSPS) is 19.4. The summed E-state index contributed by atoms with van der Waals surface area (Å²) >= 11 is 5.63. The van der Waals surface area contributed by atoms with E-state index in [2.05, 4.69) is 0 Å². The monoisotopic (exact) mass is 236 g/mol. The standard InChI is InChI=1S/C11H9ClN2O2/c12-5-10-7-14(11(15)16-10)9-3-1-8(6-13)2-4-9/h1-4,10H,5,7H2. The smallest absolute Gasteiger partial charge is 0.414 e. The van der Waals surface area contributed by atoms with E-state index in [1.165, 1.54) is 4.90 Å². The molecule has 0 spiro atoms. The zero-order valence-electron chi connectivity index (χ0n) is 8.39. The van der Waals surface area contributed by atoms with Gasteiger partial charge in [0.1, 0.15) is 6.10 Å². The lowest BCUT2D eigenvalue weighted by atomic mass is 10.2. The van der Waals surface area contributed by atoms with Crippen LogP contribution < -0.4 is 4.90 Å². The quantitative estimate of drug-likeness (QED) is 0.739. The van der Waals surface area contributed by atoms with Gasteiger partial charge in [-0.3, -0.25) is 4.90 Å². The van der Waals surface area contributed by atoms with E-state index < -0.39 is 6.09 Å². The summed E-state index contributed by atoms with van der Waals surface area (Å²) in [6.07, 6.45) is -0.653. The summed E-state index contributed by atoms with van der Waals surface area (Å²) in [5.41, 5.74) is 1.28. The first-order chi connectivity index (χ1) is 7.74. The van der Waals surface area contributed by atoms with Gasteiger partial charge in [0.2, 0.25) is 0 Å². The zero-order valence-corrected chi connectivity index (χ0v) is 9.15. The second kappa shape index (κ2) is 4.42. The van der Waals surface area contributed by atoms with Gasteiger partial charge in [0, 0.05) is 5.69 Å². The number of carbonyl (C=O) groups is 1. The van der Waals surface area contributed by atoms with Gasteiger partial charge in [-0.25, -0.2) is 4.79 Å². The molecule has 1 fully saturated rings. The average Bonchev–Trinajstić information content (AvgIpc) is 2.71. The predicted octanol–water partition coefficient (Wildman–Crippen LogP) is 2.12. The number of nitriles is 1. The highest BCUT2D eigenvalue weighted by Gasteiger charge is 2.31. The van der Waals surface area contributed by atoms with Gasteiger partial charge in [-0.1, -0.05) is 0 Å². The molecule has 0 radical (unpaired) electrons. The van der Waals surface area contributed by atoms with Gasteiger partial charge in [0.05, 0.1) is 24.1 Å². The van der Waals surface area contributed by atoms with E-state index >= 15 is 0 Å². The number of rotatable bonds is 2. The number of amides is 1. The first-order valence-corrected chi connectivity index (χ1v) is 5.32. The van der Waals surface area contributed by atoms with Gasteiger partial charge >= 0.3 is 6.09 Å². The molecule has 16 heavy (non-hydrogen) atoms. The molecule has 4 nitrogen and oxygen atoms in total. The maximum absolute atomic E-state index is 11.5. The van der Waals surface area contributed by atoms with Crippen LogP contribution in [0.4, 0.5) is 10.5 Å². The number of halogens is 1. The Balaban J connectivity index is 2.19. The van der Waals surface area contributed by atoms with Gasteiger partial charge in [-0.05, 0) is 24.3 Å². The fourth-order valence-electron chi connectivity index (χ4n) is 1.53. The number of alkyl halides is 1. The third-order valence-electron chi connectivity index (χ3n) is 2.35. The average molecular weight is 237 g/mol. The van der Waals surface area contributed by atoms with Crippen LogP contribution in [0.1, 0.15) is 5.56 Å². The van der Waals surface area contributed by atoms with Gasteiger partial charge in [-0.15, -0.1) is 11.6 Å². The van der Waals surface area contributed by atoms with Crippen molar-refractivity contribution >= 4 is 23.4 Å². The summed E-state index contributed by atoms with van der Waals surface area (Å²) in [5.74, 6) is 0.290. The van der Waals surface area contributed by atoms with Gasteiger partial charge in [0.25, 0.3) is 0 Å². The van der Waals surface area contributed by atoms with Crippen molar-refractivity contribution in [2.24, 2.45) is 0 Å². The van der Waals surface area contributed by atoms with Gasteiger partial charge < -0.3 is 4.74 Å². The SMILES string of the molecule is N#Cc1ccc(N2CC(CCl)OC2=O)cc1. The molecular formula is C11H9ClN2O2. The molecule has 1 unspecified atom stereocenters. The molecule has 1 heterocycles. The van der Waals surface area contributed by atoms with Crippen molar-refractivity contribution in [3.63, 3.8) is 0 Å². The Labute approximate surface area is 98.0 Å². The van der Waals surface area contributed by atoms with Gasteiger partial charge in [0.15, 0.2) is 0 Å². The Kier molecular flexibility index (Phi) is 2.97. The van der Waals surface area contributed by atoms with E-state index in [0.29, 0.717) is 18.0 Å². The number of cyclic esters (lactones) is 1. The van der Waals surface area contributed by atoms with Crippen LogP contribution in [0, 0.1) is 11.3 Å². The molecule has 1 aliphatic rings. The summed E-state index contributed by atoms with van der Waals surface area (Å²) in [5, 5.41) is 8.65. The lowest BCUT2D eigenvalue weighted by Gasteiger charge is -2.12. The van der Waals surface area contributed by atoms with Crippen LogP contribution in [0.5, 0.6) is 0 Å². The molecule has 1 aromatic carbocycles. The van der Waals surface area contributed by atoms with E-state index in [9.17, 15) is 4.79 Å². The Hall–Kier alpha value is -1.73. The lowest BCUT2D eigenvalue weighted by Crippen LogP contribution is -2.24. The van der Waals surface area contributed by atoms with Crippen LogP contribution >= 0.6 is 11.6 Å². The molecule has 0 saturated carbocycles. The van der Waals surface area contributed by atoms with E-state index in [-0.39, 0.29) is 6.10 Å². The van der Waals surface area contributed by atoms with Crippen molar-refractivity contribution in [1.29, 1.82) is 5.26 Å². The van der Waals surface area contributed by atoms with Gasteiger partial charge in [-0.2, -0.15) is 5.26 Å². The highest BCUT2D eigenvalue weighted by Crippen LogP contribution is 2.22. The van der Waals surface area contributed by atoms with Crippen molar-refractivity contribution in [2.45, 2.75) is 6.10 Å². The molecule has 1 aromatic rings. The lowest BCUT2D eigenvalue weighted by molar-refractivity contribution is 0.151. The Morgan fingerprint density at radius 3 is 2.69 bits per heavy atom. The second-order valence-corrected chi connectivity index (χ2v) is 3.74. The molecule has 0 aliphatic carbocycles. The number of nitrogens with zero attached hydrogens (tertiary/aromatic N) is 2. The third kappa shape index (κ3) is 1.95. The van der Waals surface area contributed by atoms with Crippen molar-refractivity contribution in [1.82, 2.24) is 0 Å². The molecule has 1 saturated heterocycles. The van der Waals surface area contributed by atoms with Crippen molar-refractivity contribution in [3.8, 4) is 6.07 Å². The molecule has 0 N–H and O–H groups in total. The third-order valence-corrected chi connectivity index (χ3v) is 2.70. The summed E-state index contributed by atoms with van der Waals surface area (Å²) in [6, 6.07) is 8.78. The van der Waals surface area contributed by atoms with Crippen LogP contribution in [-0.2, 0) is 4.74 Å². The van der Waals surface area contributed by atoms with Crippen molar-refractivity contribution in [3.05, 3.63) is 29.8 Å². The topological polar surface area (TPSA) is 53.3 Å². The summed E-state index contributed by atoms with van der Waals surface area (Å²) in [7, 11) is 0. The number of carbonyl (C=O) groups excluding carboxylic acids is 1. The van der Waals surface area contributed by atoms with Crippen LogP contribution in [0.15, 0.2) is 24.3 Å². The number of hydrogen-bond donors (Lipinski definition) is 0. The minimum Gasteiger partial charge on any atom is -0.443 e. The molecular weight excluding hydrogens is 228 g/mol. The molecule has 0 bridgehead atoms. The zero-order chi connectivity index (χ0) is 11.5.